The highest BCUT2D eigenvalue weighted by Crippen LogP contribution is 2.52. The second-order valence-electron chi connectivity index (χ2n) is 11.1. The van der Waals surface area contributed by atoms with E-state index in [0.717, 1.165) is 16.7 Å². The molecule has 10 nitrogen and oxygen atoms in total. The fourth-order valence-corrected chi connectivity index (χ4v) is 6.13. The number of aromatic nitrogens is 3. The van der Waals surface area contributed by atoms with Crippen LogP contribution in [0.4, 0.5) is 4.79 Å². The van der Waals surface area contributed by atoms with Crippen molar-refractivity contribution in [2.45, 2.75) is 71.2 Å². The third kappa shape index (κ3) is 4.42. The van der Waals surface area contributed by atoms with E-state index in [1.807, 2.05) is 46.4 Å². The lowest BCUT2D eigenvalue weighted by molar-refractivity contribution is -0.673. The van der Waals surface area contributed by atoms with Gasteiger partial charge in [0.2, 0.25) is 0 Å². The molecule has 0 aliphatic carbocycles. The molecule has 186 valence electrons. The number of carbonyl (C=O) groups is 3. The first kappa shape index (κ1) is 24.6. The predicted molar refractivity (Wildman–Crippen MR) is 125 cm³/mol. The van der Waals surface area contributed by atoms with Gasteiger partial charge < -0.3 is 19.3 Å². The molecule has 34 heavy (non-hydrogen) atoms. The topological polar surface area (TPSA) is 97.8 Å². The molecule has 0 radical (unpaired) electrons. The molecular weight excluding hydrogens is 458 g/mol. The van der Waals surface area contributed by atoms with Crippen LogP contribution in [0.3, 0.4) is 0 Å². The van der Waals surface area contributed by atoms with E-state index in [-0.39, 0.29) is 29.2 Å². The van der Waals surface area contributed by atoms with Crippen LogP contribution in [0.1, 0.15) is 58.6 Å². The summed E-state index contributed by atoms with van der Waals surface area (Å²) in [6.45, 7) is 12.0. The lowest BCUT2D eigenvalue weighted by Crippen LogP contribution is -2.70. The molecule has 2 saturated heterocycles. The van der Waals surface area contributed by atoms with Crippen LogP contribution in [-0.2, 0) is 28.4 Å². The maximum Gasteiger partial charge on any atom is 0.410 e. The largest absolute Gasteiger partial charge is 0.455 e. The Kier molecular flexibility index (Phi) is 5.98. The molecule has 0 aromatic carbocycles. The maximum atomic E-state index is 13.3. The molecule has 0 N–H and O–H groups in total. The van der Waals surface area contributed by atoms with Crippen LogP contribution in [0.5, 0.6) is 0 Å². The fourth-order valence-electron chi connectivity index (χ4n) is 4.86. The van der Waals surface area contributed by atoms with Gasteiger partial charge in [0.1, 0.15) is 16.9 Å². The van der Waals surface area contributed by atoms with E-state index in [9.17, 15) is 14.4 Å². The van der Waals surface area contributed by atoms with Gasteiger partial charge in [-0.15, -0.1) is 4.68 Å². The van der Waals surface area contributed by atoms with E-state index >= 15 is 0 Å². The SMILES string of the molecule is Cn1nc[n+](C)c1C(=O)SC1=C(C(=O)OC(C)(C)C)N2C[C@H]3[C@H]2C1CCN3C(=O)OC(C)(C)C. The fraction of sp³-hybridized carbons (Fsp3) is 0.696. The standard InChI is InChI=1S/C23H34N5O5S/c1-22(2,3)32-19(29)16-17(34-20(30)18-25(7)12-24-26(18)8)13-9-10-27(14-11-28(16)15(13)14)21(31)33-23(4,5)6/h12-15H,9-11H2,1-8H3/q+1/t13?,14-,15+/m0/s1. The number of aryl methyl sites for hydroxylation is 2. The van der Waals surface area contributed by atoms with Crippen LogP contribution in [-0.4, -0.2) is 73.1 Å². The molecule has 3 aliphatic rings. The Balaban J connectivity index is 1.63. The first-order valence-corrected chi connectivity index (χ1v) is 12.3. The summed E-state index contributed by atoms with van der Waals surface area (Å²) < 4.78 is 14.5. The maximum absolute atomic E-state index is 13.3. The van der Waals surface area contributed by atoms with Crippen LogP contribution in [0, 0.1) is 5.92 Å². The number of nitrogens with zero attached hydrogens (tertiary/aromatic N) is 5. The monoisotopic (exact) mass is 492 g/mol. The number of carbonyl (C=O) groups excluding carboxylic acids is 3. The third-order valence-corrected chi connectivity index (χ3v) is 7.22. The highest BCUT2D eigenvalue weighted by atomic mass is 32.2. The van der Waals surface area contributed by atoms with Crippen LogP contribution in [0.2, 0.25) is 0 Å². The summed E-state index contributed by atoms with van der Waals surface area (Å²) in [5, 5.41) is 3.96. The zero-order valence-corrected chi connectivity index (χ0v) is 21.9. The minimum atomic E-state index is -0.668. The van der Waals surface area contributed by atoms with Gasteiger partial charge in [-0.25, -0.2) is 14.2 Å². The van der Waals surface area contributed by atoms with Crippen LogP contribution >= 0.6 is 11.8 Å². The Bertz CT molecular complexity index is 1050. The summed E-state index contributed by atoms with van der Waals surface area (Å²) in [4.78, 5) is 43.9. The molecule has 3 atom stereocenters. The molecule has 4 heterocycles. The van der Waals surface area contributed by atoms with Gasteiger partial charge >= 0.3 is 17.9 Å². The quantitative estimate of drug-likeness (QED) is 0.467. The number of esters is 1. The highest BCUT2D eigenvalue weighted by Gasteiger charge is 2.60. The van der Waals surface area contributed by atoms with Gasteiger partial charge in [0.25, 0.3) is 11.4 Å². The summed E-state index contributed by atoms with van der Waals surface area (Å²) in [6, 6.07) is -0.147. The van der Waals surface area contributed by atoms with Crippen LogP contribution in [0.15, 0.2) is 16.9 Å². The van der Waals surface area contributed by atoms with Gasteiger partial charge in [-0.2, -0.15) is 0 Å². The molecule has 2 fully saturated rings. The second-order valence-corrected chi connectivity index (χ2v) is 12.1. The third-order valence-electron chi connectivity index (χ3n) is 6.13. The molecule has 1 amide bonds. The molecule has 1 aromatic heterocycles. The first-order valence-electron chi connectivity index (χ1n) is 11.5. The first-order chi connectivity index (χ1) is 15.7. The summed E-state index contributed by atoms with van der Waals surface area (Å²) in [5.74, 6) is -0.0423. The Morgan fingerprint density at radius 1 is 1.12 bits per heavy atom. The second kappa shape index (κ2) is 8.28. The normalized spacial score (nSPS) is 24.1. The van der Waals surface area contributed by atoms with Crippen molar-refractivity contribution in [2.75, 3.05) is 13.1 Å². The Hall–Kier alpha value is -2.56. The Labute approximate surface area is 204 Å². The van der Waals surface area contributed by atoms with Gasteiger partial charge in [0.15, 0.2) is 0 Å². The highest BCUT2D eigenvalue weighted by molar-refractivity contribution is 8.17. The van der Waals surface area contributed by atoms with Crippen molar-refractivity contribution in [3.8, 4) is 0 Å². The van der Waals surface area contributed by atoms with Crippen molar-refractivity contribution in [3.05, 3.63) is 22.8 Å². The van der Waals surface area contributed by atoms with Crippen molar-refractivity contribution in [2.24, 2.45) is 20.0 Å². The number of ether oxygens (including phenoxy) is 2. The number of rotatable bonds is 3. The number of hydrogen-bond acceptors (Lipinski definition) is 8. The lowest BCUT2D eigenvalue weighted by atomic mass is 9.81. The van der Waals surface area contributed by atoms with Crippen molar-refractivity contribution < 1.29 is 28.4 Å². The Morgan fingerprint density at radius 3 is 2.32 bits per heavy atom. The van der Waals surface area contributed by atoms with Gasteiger partial charge in [-0.1, -0.05) is 0 Å². The molecular formula is C23H34N5O5S+. The summed E-state index contributed by atoms with van der Waals surface area (Å²) in [6.07, 6.45) is 1.87. The van der Waals surface area contributed by atoms with E-state index in [2.05, 4.69) is 5.10 Å². The van der Waals surface area contributed by atoms with Crippen molar-refractivity contribution in [1.82, 2.24) is 19.6 Å². The minimum absolute atomic E-state index is 0.0348. The summed E-state index contributed by atoms with van der Waals surface area (Å²) >= 11 is 1.07. The molecule has 3 aliphatic heterocycles. The van der Waals surface area contributed by atoms with Crippen molar-refractivity contribution >= 4 is 28.9 Å². The number of hydrogen-bond donors (Lipinski definition) is 0. The van der Waals surface area contributed by atoms with E-state index in [0.29, 0.717) is 31.0 Å². The minimum Gasteiger partial charge on any atom is -0.455 e. The molecule has 1 unspecified atom stereocenters. The average Bonchev–Trinajstić information content (AvgIpc) is 3.13. The molecule has 11 heteroatoms. The molecule has 0 spiro atoms. The predicted octanol–water partition coefficient (Wildman–Crippen LogP) is 1.99. The van der Waals surface area contributed by atoms with Crippen LogP contribution < -0.4 is 4.57 Å². The number of thioether (sulfide) groups is 1. The van der Waals surface area contributed by atoms with E-state index in [1.165, 1.54) is 4.68 Å². The molecule has 1 aromatic rings. The van der Waals surface area contributed by atoms with Gasteiger partial charge in [0, 0.05) is 29.0 Å². The number of piperidine rings is 1. The molecule has 0 bridgehead atoms. The van der Waals surface area contributed by atoms with E-state index in [1.54, 1.807) is 29.9 Å². The molecule has 0 saturated carbocycles. The van der Waals surface area contributed by atoms with E-state index in [4.69, 9.17) is 9.47 Å². The van der Waals surface area contributed by atoms with Crippen molar-refractivity contribution in [1.29, 1.82) is 0 Å². The number of amides is 1. The average molecular weight is 493 g/mol. The van der Waals surface area contributed by atoms with Gasteiger partial charge in [-0.05, 0) is 59.7 Å². The van der Waals surface area contributed by atoms with Crippen molar-refractivity contribution in [3.63, 3.8) is 0 Å². The van der Waals surface area contributed by atoms with Gasteiger partial charge in [-0.3, -0.25) is 4.79 Å². The lowest BCUT2D eigenvalue weighted by Gasteiger charge is -2.55. The molecule has 4 rings (SSSR count). The van der Waals surface area contributed by atoms with Crippen LogP contribution in [0.25, 0.3) is 0 Å². The van der Waals surface area contributed by atoms with Gasteiger partial charge in [0.05, 0.1) is 26.2 Å². The number of likely N-dealkylation sites (tertiary alicyclic amines) is 1. The zero-order chi connectivity index (χ0) is 25.2. The Morgan fingerprint density at radius 2 is 1.76 bits per heavy atom. The zero-order valence-electron chi connectivity index (χ0n) is 21.1. The summed E-state index contributed by atoms with van der Waals surface area (Å²) in [7, 11) is 3.48. The van der Waals surface area contributed by atoms with E-state index < -0.39 is 17.2 Å². The smallest absolute Gasteiger partial charge is 0.410 e. The summed E-state index contributed by atoms with van der Waals surface area (Å²) in [5.41, 5.74) is -0.812.